The lowest BCUT2D eigenvalue weighted by molar-refractivity contribution is -0.145. The van der Waals surface area contributed by atoms with Gasteiger partial charge in [0.05, 0.1) is 25.0 Å². The van der Waals surface area contributed by atoms with Crippen LogP contribution in [0, 0.1) is 5.92 Å². The first-order valence-corrected chi connectivity index (χ1v) is 15.2. The quantitative estimate of drug-likeness (QED) is 0.261. The summed E-state index contributed by atoms with van der Waals surface area (Å²) in [6.07, 6.45) is 1.55. The van der Waals surface area contributed by atoms with E-state index in [-0.39, 0.29) is 35.5 Å². The van der Waals surface area contributed by atoms with Crippen molar-refractivity contribution in [3.05, 3.63) is 95.6 Å². The number of amides is 1. The van der Waals surface area contributed by atoms with Crippen LogP contribution in [0.5, 0.6) is 0 Å². The van der Waals surface area contributed by atoms with Crippen molar-refractivity contribution in [1.82, 2.24) is 5.32 Å². The predicted molar refractivity (Wildman–Crippen MR) is 160 cm³/mol. The second-order valence-corrected chi connectivity index (χ2v) is 12.1. The van der Waals surface area contributed by atoms with Crippen LogP contribution in [0.1, 0.15) is 49.3 Å². The molecule has 0 fully saturated rings. The number of nitrogens with one attached hydrogen (secondary N) is 2. The third kappa shape index (κ3) is 9.44. The molecule has 0 spiro atoms. The Labute approximate surface area is 247 Å². The molecule has 9 nitrogen and oxygen atoms in total. The second-order valence-electron chi connectivity index (χ2n) is 10.4. The van der Waals surface area contributed by atoms with Gasteiger partial charge in [0.15, 0.2) is 0 Å². The topological polar surface area (TPSA) is 128 Å². The van der Waals surface area contributed by atoms with Gasteiger partial charge in [0.25, 0.3) is 10.0 Å². The van der Waals surface area contributed by atoms with Crippen molar-refractivity contribution >= 4 is 33.6 Å². The van der Waals surface area contributed by atoms with E-state index in [0.29, 0.717) is 24.1 Å². The van der Waals surface area contributed by atoms with E-state index in [1.807, 2.05) is 38.1 Å². The van der Waals surface area contributed by atoms with Crippen molar-refractivity contribution in [2.45, 2.75) is 56.4 Å². The summed E-state index contributed by atoms with van der Waals surface area (Å²) >= 11 is 0. The average Bonchev–Trinajstić information content (AvgIpc) is 2.99. The molecule has 0 radical (unpaired) electrons. The zero-order chi connectivity index (χ0) is 30.7. The van der Waals surface area contributed by atoms with Crippen LogP contribution in [0.25, 0.3) is 0 Å². The minimum atomic E-state index is -3.75. The van der Waals surface area contributed by atoms with Crippen molar-refractivity contribution in [3.63, 3.8) is 0 Å². The van der Waals surface area contributed by atoms with E-state index in [1.165, 1.54) is 26.4 Å². The summed E-state index contributed by atoms with van der Waals surface area (Å²) in [5.41, 5.74) is 2.84. The van der Waals surface area contributed by atoms with Crippen LogP contribution < -0.4 is 10.0 Å². The maximum absolute atomic E-state index is 13.6. The first-order chi connectivity index (χ1) is 20.0. The number of hydrogen-bond acceptors (Lipinski definition) is 7. The molecule has 224 valence electrons. The van der Waals surface area contributed by atoms with Crippen LogP contribution in [0.15, 0.2) is 83.8 Å². The maximum atomic E-state index is 13.6. The predicted octanol–water partition coefficient (Wildman–Crippen LogP) is 4.62. The van der Waals surface area contributed by atoms with Crippen molar-refractivity contribution < 1.29 is 32.3 Å². The average molecular weight is 595 g/mol. The third-order valence-electron chi connectivity index (χ3n) is 6.75. The molecule has 3 aromatic rings. The number of aryl methyl sites for hydroxylation is 1. The van der Waals surface area contributed by atoms with Gasteiger partial charge in [0.2, 0.25) is 5.91 Å². The van der Waals surface area contributed by atoms with E-state index >= 15 is 0 Å². The van der Waals surface area contributed by atoms with Gasteiger partial charge in [-0.3, -0.25) is 14.3 Å². The van der Waals surface area contributed by atoms with E-state index in [1.54, 1.807) is 42.5 Å². The Balaban J connectivity index is 1.73. The summed E-state index contributed by atoms with van der Waals surface area (Å²) in [5.74, 6) is -1.58. The lowest BCUT2D eigenvalue weighted by Crippen LogP contribution is -2.45. The Morgan fingerprint density at radius 2 is 1.43 bits per heavy atom. The summed E-state index contributed by atoms with van der Waals surface area (Å²) < 4.78 is 37.6. The highest BCUT2D eigenvalue weighted by atomic mass is 32.2. The van der Waals surface area contributed by atoms with Gasteiger partial charge < -0.3 is 14.8 Å². The third-order valence-corrected chi connectivity index (χ3v) is 8.15. The number of sulfonamides is 1. The molecular weight excluding hydrogens is 556 g/mol. The van der Waals surface area contributed by atoms with E-state index in [9.17, 15) is 22.8 Å². The van der Waals surface area contributed by atoms with E-state index in [2.05, 4.69) is 14.8 Å². The van der Waals surface area contributed by atoms with Gasteiger partial charge in [-0.1, -0.05) is 68.4 Å². The Hall–Kier alpha value is -4.18. The van der Waals surface area contributed by atoms with Gasteiger partial charge in [-0.15, -0.1) is 0 Å². The normalized spacial score (nSPS) is 12.7. The zero-order valence-corrected chi connectivity index (χ0v) is 25.1. The maximum Gasteiger partial charge on any atom is 0.328 e. The molecule has 0 bridgehead atoms. The summed E-state index contributed by atoms with van der Waals surface area (Å²) in [6.45, 7) is 4.00. The van der Waals surface area contributed by atoms with Crippen molar-refractivity contribution in [2.75, 3.05) is 18.9 Å². The zero-order valence-electron chi connectivity index (χ0n) is 24.3. The molecule has 0 aliphatic rings. The highest BCUT2D eigenvalue weighted by Gasteiger charge is 2.28. The highest BCUT2D eigenvalue weighted by Crippen LogP contribution is 2.27. The van der Waals surface area contributed by atoms with Gasteiger partial charge in [-0.05, 0) is 59.7 Å². The van der Waals surface area contributed by atoms with Crippen LogP contribution in [-0.4, -0.2) is 46.5 Å². The molecule has 10 heteroatoms. The fourth-order valence-corrected chi connectivity index (χ4v) is 5.58. The fourth-order valence-electron chi connectivity index (χ4n) is 4.50. The van der Waals surface area contributed by atoms with Crippen molar-refractivity contribution in [2.24, 2.45) is 5.92 Å². The SMILES string of the molecule is COC(=O)CCc1ccc(CC(NC(=O)[C@@H](CC(C)C)c2ccc(NS(=O)(=O)c3ccccc3)cc2)C(=O)OC)cc1. The van der Waals surface area contributed by atoms with Gasteiger partial charge >= 0.3 is 11.9 Å². The Morgan fingerprint density at radius 3 is 2.00 bits per heavy atom. The number of esters is 2. The molecule has 0 heterocycles. The van der Waals surface area contributed by atoms with Crippen LogP contribution >= 0.6 is 0 Å². The second kappa shape index (κ2) is 15.2. The minimum Gasteiger partial charge on any atom is -0.469 e. The molecule has 0 aliphatic heterocycles. The lowest BCUT2D eigenvalue weighted by atomic mass is 9.89. The van der Waals surface area contributed by atoms with E-state index in [0.717, 1.165) is 11.1 Å². The van der Waals surface area contributed by atoms with Gasteiger partial charge in [0, 0.05) is 18.5 Å². The first kappa shape index (κ1) is 32.3. The van der Waals surface area contributed by atoms with Crippen LogP contribution in [0.4, 0.5) is 5.69 Å². The molecule has 1 amide bonds. The molecule has 0 aliphatic carbocycles. The van der Waals surface area contributed by atoms with E-state index in [4.69, 9.17) is 4.74 Å². The molecule has 0 saturated carbocycles. The molecule has 0 aromatic heterocycles. The molecular formula is C32H38N2O7S. The van der Waals surface area contributed by atoms with Crippen molar-refractivity contribution in [1.29, 1.82) is 0 Å². The molecule has 0 saturated heterocycles. The van der Waals surface area contributed by atoms with Crippen molar-refractivity contribution in [3.8, 4) is 0 Å². The highest BCUT2D eigenvalue weighted by molar-refractivity contribution is 7.92. The van der Waals surface area contributed by atoms with Gasteiger partial charge in [0.1, 0.15) is 6.04 Å². The number of rotatable bonds is 14. The number of anilines is 1. The largest absolute Gasteiger partial charge is 0.469 e. The molecule has 3 rings (SSSR count). The Bertz CT molecular complexity index is 1440. The number of carbonyl (C=O) groups is 3. The molecule has 42 heavy (non-hydrogen) atoms. The fraction of sp³-hybridized carbons (Fsp3) is 0.344. The van der Waals surface area contributed by atoms with Crippen LogP contribution in [0.3, 0.4) is 0 Å². The Morgan fingerprint density at radius 1 is 0.810 bits per heavy atom. The molecule has 1 unspecified atom stereocenters. The standard InChI is InChI=1S/C32H38N2O7S/c1-22(2)20-28(25-15-17-26(18-16-25)34-42(38,39)27-8-6-5-7-9-27)31(36)33-29(32(37)41-4)21-24-12-10-23(11-13-24)14-19-30(35)40-3/h5-13,15-18,22,28-29,34H,14,19-21H2,1-4H3,(H,33,36)/t28-,29?/m0/s1. The van der Waals surface area contributed by atoms with Gasteiger partial charge in [-0.25, -0.2) is 13.2 Å². The number of hydrogen-bond donors (Lipinski definition) is 2. The van der Waals surface area contributed by atoms with Gasteiger partial charge in [-0.2, -0.15) is 0 Å². The first-order valence-electron chi connectivity index (χ1n) is 13.7. The summed E-state index contributed by atoms with van der Waals surface area (Å²) in [4.78, 5) is 37.8. The summed E-state index contributed by atoms with van der Waals surface area (Å²) in [7, 11) is -1.12. The van der Waals surface area contributed by atoms with E-state index < -0.39 is 28.0 Å². The monoisotopic (exact) mass is 594 g/mol. The van der Waals surface area contributed by atoms with Crippen LogP contribution in [-0.2, 0) is 46.7 Å². The number of methoxy groups -OCH3 is 2. The smallest absolute Gasteiger partial charge is 0.328 e. The van der Waals surface area contributed by atoms with Crippen LogP contribution in [0.2, 0.25) is 0 Å². The summed E-state index contributed by atoms with van der Waals surface area (Å²) in [5, 5.41) is 2.87. The Kier molecular flexibility index (Phi) is 11.7. The number of carbonyl (C=O) groups excluding carboxylic acids is 3. The number of benzene rings is 3. The molecule has 2 atom stereocenters. The lowest BCUT2D eigenvalue weighted by Gasteiger charge is -2.23. The summed E-state index contributed by atoms with van der Waals surface area (Å²) in [6, 6.07) is 21.3. The molecule has 2 N–H and O–H groups in total. The number of ether oxygens (including phenoxy) is 2. The minimum absolute atomic E-state index is 0.149. The molecule has 3 aromatic carbocycles.